The van der Waals surface area contributed by atoms with Gasteiger partial charge in [-0.15, -0.1) is 0 Å². The number of hydrogen-bond acceptors (Lipinski definition) is 2. The Morgan fingerprint density at radius 3 is 2.00 bits per heavy atom. The molecule has 2 atom stereocenters. The van der Waals surface area contributed by atoms with Gasteiger partial charge in [0.1, 0.15) is 6.10 Å². The van der Waals surface area contributed by atoms with Crippen molar-refractivity contribution >= 4 is 14.2 Å². The van der Waals surface area contributed by atoms with Crippen LogP contribution < -0.4 is 0 Å². The first-order valence-electron chi connectivity index (χ1n) is 8.85. The molecule has 0 N–H and O–H groups in total. The fourth-order valence-electron chi connectivity index (χ4n) is 3.57. The van der Waals surface area contributed by atoms with Gasteiger partial charge in [0, 0.05) is 5.54 Å². The first-order valence-corrected chi connectivity index (χ1v) is 11.4. The molecule has 0 saturated carbocycles. The second-order valence-electron chi connectivity index (χ2n) is 7.52. The van der Waals surface area contributed by atoms with Gasteiger partial charge in [0.05, 0.1) is 6.04 Å². The molecule has 1 heterocycles. The van der Waals surface area contributed by atoms with Gasteiger partial charge in [-0.1, -0.05) is 51.1 Å². The summed E-state index contributed by atoms with van der Waals surface area (Å²) in [5.41, 5.74) is 0.991. The summed E-state index contributed by atoms with van der Waals surface area (Å²) in [4.78, 5) is 14.8. The molecule has 128 valence electrons. The van der Waals surface area contributed by atoms with E-state index in [-0.39, 0.29) is 23.6 Å². The quantitative estimate of drug-likeness (QED) is 0.555. The molecular formula is C19H31NO2Si. The molecule has 1 aliphatic heterocycles. The number of nitrogens with zero attached hydrogens (tertiary/aromatic N) is 1. The molecule has 23 heavy (non-hydrogen) atoms. The van der Waals surface area contributed by atoms with Crippen molar-refractivity contribution in [3.8, 4) is 0 Å². The Balaban J connectivity index is 2.33. The van der Waals surface area contributed by atoms with Crippen LogP contribution in [0, 0.1) is 0 Å². The van der Waals surface area contributed by atoms with Crippen molar-refractivity contribution in [2.45, 2.75) is 77.4 Å². The van der Waals surface area contributed by atoms with Crippen LogP contribution in [-0.4, -0.2) is 30.8 Å². The number of carbonyl (C=O) groups is 1. The van der Waals surface area contributed by atoms with E-state index in [4.69, 9.17) is 4.43 Å². The van der Waals surface area contributed by atoms with Crippen LogP contribution in [-0.2, 0) is 9.22 Å². The Morgan fingerprint density at radius 2 is 1.57 bits per heavy atom. The molecule has 2 rings (SSSR count). The van der Waals surface area contributed by atoms with Crippen LogP contribution in [0.2, 0.25) is 18.1 Å². The summed E-state index contributed by atoms with van der Waals surface area (Å²) >= 11 is 0. The monoisotopic (exact) mass is 333 g/mol. The average Bonchev–Trinajstić information content (AvgIpc) is 2.53. The van der Waals surface area contributed by atoms with Gasteiger partial charge in [0.2, 0.25) is 0 Å². The number of hydrogen-bond donors (Lipinski definition) is 0. The summed E-state index contributed by atoms with van der Waals surface area (Å²) in [6.07, 6.45) is -0.303. The minimum Gasteiger partial charge on any atom is -0.403 e. The lowest BCUT2D eigenvalue weighted by Crippen LogP contribution is -2.67. The van der Waals surface area contributed by atoms with Gasteiger partial charge in [0.25, 0.3) is 5.91 Å². The maximum atomic E-state index is 12.8. The highest BCUT2D eigenvalue weighted by atomic mass is 28.4. The van der Waals surface area contributed by atoms with E-state index < -0.39 is 8.32 Å². The van der Waals surface area contributed by atoms with Crippen LogP contribution in [0.1, 0.15) is 53.1 Å². The van der Waals surface area contributed by atoms with Gasteiger partial charge in [-0.2, -0.15) is 0 Å². The van der Waals surface area contributed by atoms with Gasteiger partial charge in [-0.05, 0) is 44.5 Å². The van der Waals surface area contributed by atoms with E-state index in [0.717, 1.165) is 18.1 Å². The molecule has 0 spiro atoms. The van der Waals surface area contributed by atoms with Crippen molar-refractivity contribution in [3.63, 3.8) is 0 Å². The lowest BCUT2D eigenvalue weighted by Gasteiger charge is -2.55. The zero-order valence-corrected chi connectivity index (χ0v) is 16.4. The van der Waals surface area contributed by atoms with E-state index in [0.29, 0.717) is 0 Å². The first-order chi connectivity index (χ1) is 10.8. The zero-order chi connectivity index (χ0) is 17.3. The fraction of sp³-hybridized carbons (Fsp3) is 0.632. The van der Waals surface area contributed by atoms with Gasteiger partial charge in [0.15, 0.2) is 8.32 Å². The van der Waals surface area contributed by atoms with Crippen LogP contribution in [0.4, 0.5) is 0 Å². The molecule has 0 aromatic heterocycles. The Morgan fingerprint density at radius 1 is 1.04 bits per heavy atom. The van der Waals surface area contributed by atoms with Crippen molar-refractivity contribution < 1.29 is 9.22 Å². The molecule has 1 aromatic rings. The normalized spacial score (nSPS) is 22.2. The van der Waals surface area contributed by atoms with Crippen molar-refractivity contribution in [1.29, 1.82) is 0 Å². The highest BCUT2D eigenvalue weighted by Gasteiger charge is 2.55. The molecular weight excluding hydrogens is 302 g/mol. The Bertz CT molecular complexity index is 526. The number of likely N-dealkylation sites (tertiary alicyclic amines) is 1. The molecule has 0 aliphatic carbocycles. The molecule has 1 saturated heterocycles. The standard InChI is InChI=1S/C19H31NO2Si/c1-7-23(8-2,9-3)22-17-16(15-13-11-10-12-14-15)20(18(17)21)19(4,5)6/h10-14,16-17H,7-9H2,1-6H3. The van der Waals surface area contributed by atoms with E-state index in [1.165, 1.54) is 5.56 Å². The third-order valence-corrected chi connectivity index (χ3v) is 9.84. The minimum atomic E-state index is -1.80. The molecule has 1 fully saturated rings. The highest BCUT2D eigenvalue weighted by molar-refractivity contribution is 6.73. The van der Waals surface area contributed by atoms with Crippen LogP contribution in [0.3, 0.4) is 0 Å². The van der Waals surface area contributed by atoms with Crippen molar-refractivity contribution in [3.05, 3.63) is 35.9 Å². The predicted octanol–water partition coefficient (Wildman–Crippen LogP) is 4.76. The van der Waals surface area contributed by atoms with E-state index >= 15 is 0 Å². The summed E-state index contributed by atoms with van der Waals surface area (Å²) < 4.78 is 6.57. The van der Waals surface area contributed by atoms with Crippen LogP contribution in [0.15, 0.2) is 30.3 Å². The Hall–Kier alpha value is -1.13. The summed E-state index contributed by atoms with van der Waals surface area (Å²) in [6, 6.07) is 13.6. The van der Waals surface area contributed by atoms with Crippen molar-refractivity contribution in [1.82, 2.24) is 4.90 Å². The molecule has 0 radical (unpaired) electrons. The summed E-state index contributed by atoms with van der Waals surface area (Å²) in [5.74, 6) is 0.151. The van der Waals surface area contributed by atoms with Crippen LogP contribution >= 0.6 is 0 Å². The molecule has 1 aliphatic rings. The van der Waals surface area contributed by atoms with Gasteiger partial charge >= 0.3 is 0 Å². The van der Waals surface area contributed by atoms with E-state index in [1.807, 2.05) is 23.1 Å². The van der Waals surface area contributed by atoms with E-state index in [9.17, 15) is 4.79 Å². The second-order valence-corrected chi connectivity index (χ2v) is 12.2. The smallest absolute Gasteiger partial charge is 0.254 e. The molecule has 1 amide bonds. The number of amides is 1. The first kappa shape index (κ1) is 18.2. The Labute approximate surface area is 142 Å². The lowest BCUT2D eigenvalue weighted by atomic mass is 9.85. The van der Waals surface area contributed by atoms with Crippen molar-refractivity contribution in [2.24, 2.45) is 0 Å². The van der Waals surface area contributed by atoms with Crippen LogP contribution in [0.5, 0.6) is 0 Å². The molecule has 1 aromatic carbocycles. The largest absolute Gasteiger partial charge is 0.403 e. The lowest BCUT2D eigenvalue weighted by molar-refractivity contribution is -0.175. The Kier molecular flexibility index (Phi) is 5.36. The third kappa shape index (κ3) is 3.38. The maximum Gasteiger partial charge on any atom is 0.254 e. The summed E-state index contributed by atoms with van der Waals surface area (Å²) in [6.45, 7) is 12.9. The van der Waals surface area contributed by atoms with E-state index in [2.05, 4.69) is 53.7 Å². The minimum absolute atomic E-state index is 0.0419. The number of β-lactam (4-membered cyclic amide) rings is 1. The van der Waals surface area contributed by atoms with Crippen molar-refractivity contribution in [2.75, 3.05) is 0 Å². The number of rotatable bonds is 6. The van der Waals surface area contributed by atoms with Gasteiger partial charge in [-0.3, -0.25) is 4.79 Å². The maximum absolute atomic E-state index is 12.8. The predicted molar refractivity (Wildman–Crippen MR) is 97.9 cm³/mol. The molecule has 2 unspecified atom stereocenters. The van der Waals surface area contributed by atoms with E-state index in [1.54, 1.807) is 0 Å². The zero-order valence-electron chi connectivity index (χ0n) is 15.4. The molecule has 3 nitrogen and oxygen atoms in total. The molecule has 4 heteroatoms. The fourth-order valence-corrected chi connectivity index (χ4v) is 6.34. The average molecular weight is 334 g/mol. The third-order valence-electron chi connectivity index (χ3n) is 5.22. The van der Waals surface area contributed by atoms with Gasteiger partial charge < -0.3 is 9.33 Å². The van der Waals surface area contributed by atoms with Crippen LogP contribution in [0.25, 0.3) is 0 Å². The number of carbonyl (C=O) groups excluding carboxylic acids is 1. The topological polar surface area (TPSA) is 29.5 Å². The molecule has 0 bridgehead atoms. The second kappa shape index (κ2) is 6.77. The van der Waals surface area contributed by atoms with Gasteiger partial charge in [-0.25, -0.2) is 0 Å². The summed E-state index contributed by atoms with van der Waals surface area (Å²) in [5, 5.41) is 0. The number of benzene rings is 1. The summed E-state index contributed by atoms with van der Waals surface area (Å²) in [7, 11) is -1.80. The SMILES string of the molecule is CC[Si](CC)(CC)OC1C(=O)N(C(C)(C)C)C1c1ccccc1. The highest BCUT2D eigenvalue weighted by Crippen LogP contribution is 2.44.